The van der Waals surface area contributed by atoms with Gasteiger partial charge in [-0.2, -0.15) is 5.26 Å². The minimum atomic E-state index is 0.139. The number of imidazole rings is 1. The molecule has 0 bridgehead atoms. The SMILES string of the molecule is CC(Cn1ccnc1)Nc1nc2ccccc2cc1C#N. The fourth-order valence-corrected chi connectivity index (χ4v) is 2.30. The highest BCUT2D eigenvalue weighted by molar-refractivity contribution is 5.82. The number of aromatic nitrogens is 3. The first-order valence-corrected chi connectivity index (χ1v) is 6.78. The fraction of sp³-hybridized carbons (Fsp3) is 0.188. The average Bonchev–Trinajstić information content (AvgIpc) is 2.99. The number of para-hydroxylation sites is 1. The Morgan fingerprint density at radius 2 is 2.24 bits per heavy atom. The van der Waals surface area contributed by atoms with Gasteiger partial charge in [-0.05, 0) is 19.1 Å². The highest BCUT2D eigenvalue weighted by Gasteiger charge is 2.10. The van der Waals surface area contributed by atoms with Crippen LogP contribution in [-0.2, 0) is 6.54 Å². The first-order chi connectivity index (χ1) is 10.3. The van der Waals surface area contributed by atoms with E-state index in [2.05, 4.69) is 28.3 Å². The van der Waals surface area contributed by atoms with Gasteiger partial charge in [-0.15, -0.1) is 0 Å². The number of nitrogens with zero attached hydrogens (tertiary/aromatic N) is 4. The van der Waals surface area contributed by atoms with E-state index in [-0.39, 0.29) is 6.04 Å². The summed E-state index contributed by atoms with van der Waals surface area (Å²) in [7, 11) is 0. The summed E-state index contributed by atoms with van der Waals surface area (Å²) in [5.74, 6) is 0.629. The van der Waals surface area contributed by atoms with Crippen LogP contribution in [0, 0.1) is 11.3 Å². The monoisotopic (exact) mass is 277 g/mol. The molecule has 0 radical (unpaired) electrons. The van der Waals surface area contributed by atoms with Crippen LogP contribution >= 0.6 is 0 Å². The molecule has 1 aromatic carbocycles. The van der Waals surface area contributed by atoms with Crippen LogP contribution in [0.15, 0.2) is 49.1 Å². The van der Waals surface area contributed by atoms with Crippen LogP contribution < -0.4 is 5.32 Å². The second-order valence-electron chi connectivity index (χ2n) is 4.99. The van der Waals surface area contributed by atoms with E-state index in [9.17, 15) is 5.26 Å². The third-order valence-corrected chi connectivity index (χ3v) is 3.27. The molecule has 3 rings (SSSR count). The molecule has 0 saturated carbocycles. The van der Waals surface area contributed by atoms with Crippen LogP contribution in [0.5, 0.6) is 0 Å². The molecule has 2 aromatic heterocycles. The van der Waals surface area contributed by atoms with E-state index in [1.165, 1.54) is 0 Å². The number of rotatable bonds is 4. The molecule has 0 spiro atoms. The lowest BCUT2D eigenvalue weighted by Crippen LogP contribution is -2.22. The molecule has 3 aromatic rings. The fourth-order valence-electron chi connectivity index (χ4n) is 2.30. The van der Waals surface area contributed by atoms with Crippen molar-refractivity contribution in [2.24, 2.45) is 0 Å². The quantitative estimate of drug-likeness (QED) is 0.796. The number of pyridine rings is 1. The third kappa shape index (κ3) is 2.84. The molecular weight excluding hydrogens is 262 g/mol. The van der Waals surface area contributed by atoms with Crippen molar-refractivity contribution in [3.63, 3.8) is 0 Å². The highest BCUT2D eigenvalue weighted by atomic mass is 15.1. The molecule has 0 aliphatic heterocycles. The minimum Gasteiger partial charge on any atom is -0.365 e. The van der Waals surface area contributed by atoms with Crippen LogP contribution in [0.1, 0.15) is 12.5 Å². The van der Waals surface area contributed by atoms with Gasteiger partial charge >= 0.3 is 0 Å². The minimum absolute atomic E-state index is 0.139. The molecule has 104 valence electrons. The van der Waals surface area contributed by atoms with Crippen molar-refractivity contribution in [1.82, 2.24) is 14.5 Å². The summed E-state index contributed by atoms with van der Waals surface area (Å²) in [5, 5.41) is 13.6. The summed E-state index contributed by atoms with van der Waals surface area (Å²) in [6.45, 7) is 2.82. The van der Waals surface area contributed by atoms with Crippen LogP contribution in [-0.4, -0.2) is 20.6 Å². The molecule has 21 heavy (non-hydrogen) atoms. The Morgan fingerprint density at radius 1 is 1.38 bits per heavy atom. The zero-order chi connectivity index (χ0) is 14.7. The van der Waals surface area contributed by atoms with Gasteiger partial charge in [0.15, 0.2) is 0 Å². The normalized spacial score (nSPS) is 12.0. The third-order valence-electron chi connectivity index (χ3n) is 3.27. The van der Waals surface area contributed by atoms with Crippen molar-refractivity contribution in [2.75, 3.05) is 5.32 Å². The summed E-state index contributed by atoms with van der Waals surface area (Å²) in [6, 6.07) is 12.0. The molecule has 5 heteroatoms. The predicted octanol–water partition coefficient (Wildman–Crippen LogP) is 2.80. The Hall–Kier alpha value is -2.87. The first kappa shape index (κ1) is 13.1. The number of benzene rings is 1. The molecule has 0 fully saturated rings. The van der Waals surface area contributed by atoms with Gasteiger partial charge in [0.05, 0.1) is 17.4 Å². The predicted molar refractivity (Wildman–Crippen MR) is 81.8 cm³/mol. The van der Waals surface area contributed by atoms with Crippen molar-refractivity contribution in [3.8, 4) is 6.07 Å². The number of nitriles is 1. The van der Waals surface area contributed by atoms with Gasteiger partial charge in [-0.25, -0.2) is 9.97 Å². The van der Waals surface area contributed by atoms with Crippen molar-refractivity contribution < 1.29 is 0 Å². The molecule has 0 aliphatic rings. The molecule has 0 amide bonds. The molecule has 0 saturated heterocycles. The van der Waals surface area contributed by atoms with Crippen molar-refractivity contribution in [1.29, 1.82) is 5.26 Å². The number of hydrogen-bond acceptors (Lipinski definition) is 4. The van der Waals surface area contributed by atoms with E-state index in [0.29, 0.717) is 11.4 Å². The van der Waals surface area contributed by atoms with Gasteiger partial charge in [0.1, 0.15) is 11.9 Å². The van der Waals surface area contributed by atoms with Crippen molar-refractivity contribution >= 4 is 16.7 Å². The summed E-state index contributed by atoms with van der Waals surface area (Å²) < 4.78 is 1.99. The Bertz CT molecular complexity index is 786. The van der Waals surface area contributed by atoms with E-state index in [1.807, 2.05) is 41.1 Å². The standard InChI is InChI=1S/C16H15N5/c1-12(10-21-7-6-18-11-21)19-16-14(9-17)8-13-4-2-3-5-15(13)20-16/h2-8,11-12H,10H2,1H3,(H,19,20). The van der Waals surface area contributed by atoms with Crippen molar-refractivity contribution in [3.05, 3.63) is 54.6 Å². The molecule has 1 atom stereocenters. The zero-order valence-corrected chi connectivity index (χ0v) is 11.7. The van der Waals surface area contributed by atoms with Gasteiger partial charge in [-0.1, -0.05) is 18.2 Å². The molecule has 0 aliphatic carbocycles. The Balaban J connectivity index is 1.87. The number of fused-ring (bicyclic) bond motifs is 1. The zero-order valence-electron chi connectivity index (χ0n) is 11.7. The van der Waals surface area contributed by atoms with Crippen LogP contribution in [0.2, 0.25) is 0 Å². The van der Waals surface area contributed by atoms with Crippen LogP contribution in [0.25, 0.3) is 10.9 Å². The lowest BCUT2D eigenvalue weighted by molar-refractivity contribution is 0.617. The van der Waals surface area contributed by atoms with E-state index in [4.69, 9.17) is 0 Å². The van der Waals surface area contributed by atoms with Gasteiger partial charge < -0.3 is 9.88 Å². The van der Waals surface area contributed by atoms with E-state index in [0.717, 1.165) is 17.4 Å². The molecule has 1 N–H and O–H groups in total. The Morgan fingerprint density at radius 3 is 3.00 bits per heavy atom. The van der Waals surface area contributed by atoms with E-state index in [1.54, 1.807) is 12.5 Å². The Labute approximate surface area is 122 Å². The van der Waals surface area contributed by atoms with Crippen LogP contribution in [0.4, 0.5) is 5.82 Å². The smallest absolute Gasteiger partial charge is 0.144 e. The number of nitrogens with one attached hydrogen (secondary N) is 1. The highest BCUT2D eigenvalue weighted by Crippen LogP contribution is 2.20. The van der Waals surface area contributed by atoms with Crippen LogP contribution in [0.3, 0.4) is 0 Å². The summed E-state index contributed by atoms with van der Waals surface area (Å²) in [4.78, 5) is 8.58. The van der Waals surface area contributed by atoms with Gasteiger partial charge in [0.25, 0.3) is 0 Å². The Kier molecular flexibility index (Phi) is 3.52. The van der Waals surface area contributed by atoms with Crippen molar-refractivity contribution in [2.45, 2.75) is 19.5 Å². The summed E-state index contributed by atoms with van der Waals surface area (Å²) >= 11 is 0. The molecule has 1 unspecified atom stereocenters. The van der Waals surface area contributed by atoms with Gasteiger partial charge in [0, 0.05) is 30.4 Å². The molecule has 2 heterocycles. The topological polar surface area (TPSA) is 66.5 Å². The maximum atomic E-state index is 9.30. The van der Waals surface area contributed by atoms with E-state index < -0.39 is 0 Å². The maximum absolute atomic E-state index is 9.30. The molecule has 5 nitrogen and oxygen atoms in total. The lowest BCUT2D eigenvalue weighted by atomic mass is 10.1. The number of hydrogen-bond donors (Lipinski definition) is 1. The van der Waals surface area contributed by atoms with Gasteiger partial charge in [0.2, 0.25) is 0 Å². The summed E-state index contributed by atoms with van der Waals surface area (Å²) in [6.07, 6.45) is 5.44. The largest absolute Gasteiger partial charge is 0.365 e. The van der Waals surface area contributed by atoms with E-state index >= 15 is 0 Å². The molecular formula is C16H15N5. The summed E-state index contributed by atoms with van der Waals surface area (Å²) in [5.41, 5.74) is 1.44. The van der Waals surface area contributed by atoms with Gasteiger partial charge in [-0.3, -0.25) is 0 Å². The lowest BCUT2D eigenvalue weighted by Gasteiger charge is -2.16. The second-order valence-corrected chi connectivity index (χ2v) is 4.99. The first-order valence-electron chi connectivity index (χ1n) is 6.78. The number of anilines is 1. The average molecular weight is 277 g/mol. The second kappa shape index (κ2) is 5.63. The maximum Gasteiger partial charge on any atom is 0.144 e.